The van der Waals surface area contributed by atoms with Crippen LogP contribution in [0, 0.1) is 17.0 Å². The number of carbonyl (C=O) groups is 1. The molecule has 1 aromatic carbocycles. The minimum Gasteiger partial charge on any atom is -0.462 e. The maximum Gasteiger partial charge on any atom is 0.343 e. The van der Waals surface area contributed by atoms with E-state index in [2.05, 4.69) is 0 Å². The summed E-state index contributed by atoms with van der Waals surface area (Å²) >= 11 is 0. The van der Waals surface area contributed by atoms with Crippen LogP contribution in [0.5, 0.6) is 0 Å². The van der Waals surface area contributed by atoms with E-state index >= 15 is 0 Å². The standard InChI is InChI=1S/C16H18N2O5/c1-5-23-16(20)12-8-17(9(2)3)14-6-10(4)13(18(21)22)7-11(14)15(12)19/h6-9H,5H2,1-4H3. The van der Waals surface area contributed by atoms with Gasteiger partial charge in [0, 0.05) is 23.9 Å². The maximum absolute atomic E-state index is 12.6. The first-order valence-electron chi connectivity index (χ1n) is 7.28. The summed E-state index contributed by atoms with van der Waals surface area (Å²) in [5.74, 6) is -0.725. The van der Waals surface area contributed by atoms with Gasteiger partial charge in [0.15, 0.2) is 0 Å². The minimum atomic E-state index is -0.725. The molecule has 23 heavy (non-hydrogen) atoms. The Labute approximate surface area is 132 Å². The van der Waals surface area contributed by atoms with Gasteiger partial charge < -0.3 is 9.30 Å². The summed E-state index contributed by atoms with van der Waals surface area (Å²) in [6, 6.07) is 2.80. The van der Waals surface area contributed by atoms with E-state index in [0.717, 1.165) is 0 Å². The molecule has 0 aliphatic carbocycles. The van der Waals surface area contributed by atoms with Crippen LogP contribution in [-0.2, 0) is 4.74 Å². The lowest BCUT2D eigenvalue weighted by atomic mass is 10.1. The van der Waals surface area contributed by atoms with E-state index in [0.29, 0.717) is 11.1 Å². The zero-order valence-corrected chi connectivity index (χ0v) is 13.5. The normalized spacial score (nSPS) is 11.0. The fourth-order valence-corrected chi connectivity index (χ4v) is 2.47. The number of nitrogens with zero attached hydrogens (tertiary/aromatic N) is 2. The molecule has 0 fully saturated rings. The van der Waals surface area contributed by atoms with Crippen molar-refractivity contribution in [2.75, 3.05) is 6.61 Å². The Hall–Kier alpha value is -2.70. The molecule has 0 aliphatic heterocycles. The molecule has 2 aromatic rings. The van der Waals surface area contributed by atoms with Crippen LogP contribution in [0.3, 0.4) is 0 Å². The van der Waals surface area contributed by atoms with Crippen LogP contribution in [0.15, 0.2) is 23.1 Å². The van der Waals surface area contributed by atoms with Crippen molar-refractivity contribution in [2.45, 2.75) is 33.7 Å². The molecule has 0 saturated carbocycles. The first kappa shape index (κ1) is 16.7. The number of esters is 1. The molecule has 0 unspecified atom stereocenters. The predicted octanol–water partition coefficient (Wildman–Crippen LogP) is 2.98. The van der Waals surface area contributed by atoms with Crippen LogP contribution < -0.4 is 5.43 Å². The Bertz CT molecular complexity index is 852. The summed E-state index contributed by atoms with van der Waals surface area (Å²) < 4.78 is 6.66. The third-order valence-corrected chi connectivity index (χ3v) is 3.60. The lowest BCUT2D eigenvalue weighted by Gasteiger charge is -2.17. The van der Waals surface area contributed by atoms with Gasteiger partial charge in [-0.05, 0) is 33.8 Å². The lowest BCUT2D eigenvalue weighted by molar-refractivity contribution is -0.385. The number of hydrogen-bond donors (Lipinski definition) is 0. The fraction of sp³-hybridized carbons (Fsp3) is 0.375. The van der Waals surface area contributed by atoms with Gasteiger partial charge in [-0.1, -0.05) is 0 Å². The van der Waals surface area contributed by atoms with Crippen molar-refractivity contribution in [3.63, 3.8) is 0 Å². The second kappa shape index (κ2) is 6.20. The number of benzene rings is 1. The Morgan fingerprint density at radius 3 is 2.57 bits per heavy atom. The molecule has 0 atom stereocenters. The molecule has 0 N–H and O–H groups in total. The number of carbonyl (C=O) groups excluding carboxylic acids is 1. The van der Waals surface area contributed by atoms with E-state index in [4.69, 9.17) is 4.74 Å². The summed E-state index contributed by atoms with van der Waals surface area (Å²) in [6.07, 6.45) is 1.46. The van der Waals surface area contributed by atoms with Crippen molar-refractivity contribution >= 4 is 22.6 Å². The van der Waals surface area contributed by atoms with E-state index in [-0.39, 0.29) is 29.3 Å². The molecule has 7 heteroatoms. The molecule has 0 amide bonds. The van der Waals surface area contributed by atoms with Gasteiger partial charge in [0.05, 0.1) is 22.4 Å². The van der Waals surface area contributed by atoms with Crippen LogP contribution in [0.4, 0.5) is 5.69 Å². The van der Waals surface area contributed by atoms with E-state index in [1.807, 2.05) is 13.8 Å². The highest BCUT2D eigenvalue weighted by molar-refractivity contribution is 5.94. The molecule has 0 radical (unpaired) electrons. The largest absolute Gasteiger partial charge is 0.462 e. The van der Waals surface area contributed by atoms with Gasteiger partial charge in [0.2, 0.25) is 5.43 Å². The molecule has 2 rings (SSSR count). The number of rotatable bonds is 4. The van der Waals surface area contributed by atoms with Crippen molar-refractivity contribution in [1.29, 1.82) is 0 Å². The summed E-state index contributed by atoms with van der Waals surface area (Å²) in [6.45, 7) is 7.21. The quantitative estimate of drug-likeness (QED) is 0.491. The number of fused-ring (bicyclic) bond motifs is 1. The molecule has 0 saturated heterocycles. The van der Waals surface area contributed by atoms with E-state index in [9.17, 15) is 19.7 Å². The molecule has 1 heterocycles. The van der Waals surface area contributed by atoms with Crippen molar-refractivity contribution in [2.24, 2.45) is 0 Å². The van der Waals surface area contributed by atoms with Crippen LogP contribution in [0.25, 0.3) is 10.9 Å². The van der Waals surface area contributed by atoms with Crippen LogP contribution >= 0.6 is 0 Å². The number of nitro benzene ring substituents is 1. The predicted molar refractivity (Wildman–Crippen MR) is 85.9 cm³/mol. The third-order valence-electron chi connectivity index (χ3n) is 3.60. The van der Waals surface area contributed by atoms with E-state index in [1.54, 1.807) is 24.5 Å². The van der Waals surface area contributed by atoms with Crippen molar-refractivity contribution in [3.8, 4) is 0 Å². The summed E-state index contributed by atoms with van der Waals surface area (Å²) in [7, 11) is 0. The van der Waals surface area contributed by atoms with Gasteiger partial charge in [-0.2, -0.15) is 0 Å². The van der Waals surface area contributed by atoms with E-state index < -0.39 is 16.3 Å². The van der Waals surface area contributed by atoms with Gasteiger partial charge in [0.1, 0.15) is 5.56 Å². The number of ether oxygens (including phenoxy) is 1. The van der Waals surface area contributed by atoms with Gasteiger partial charge in [0.25, 0.3) is 5.69 Å². The Morgan fingerprint density at radius 1 is 1.39 bits per heavy atom. The number of aryl methyl sites for hydroxylation is 1. The molecule has 122 valence electrons. The zero-order chi connectivity index (χ0) is 17.3. The zero-order valence-electron chi connectivity index (χ0n) is 13.5. The van der Waals surface area contributed by atoms with Crippen molar-refractivity contribution in [3.05, 3.63) is 49.8 Å². The molecular weight excluding hydrogens is 300 g/mol. The highest BCUT2D eigenvalue weighted by Crippen LogP contribution is 2.25. The van der Waals surface area contributed by atoms with Crippen molar-refractivity contribution in [1.82, 2.24) is 4.57 Å². The molecule has 0 bridgehead atoms. The Kier molecular flexibility index (Phi) is 4.49. The maximum atomic E-state index is 12.6. The van der Waals surface area contributed by atoms with Gasteiger partial charge >= 0.3 is 5.97 Å². The van der Waals surface area contributed by atoms with Gasteiger partial charge in [-0.25, -0.2) is 4.79 Å². The highest BCUT2D eigenvalue weighted by atomic mass is 16.6. The second-order valence-electron chi connectivity index (χ2n) is 5.51. The van der Waals surface area contributed by atoms with E-state index in [1.165, 1.54) is 12.3 Å². The molecular formula is C16H18N2O5. The SMILES string of the molecule is CCOC(=O)c1cn(C(C)C)c2cc(C)c([N+](=O)[O-])cc2c1=O. The number of nitro groups is 1. The summed E-state index contributed by atoms with van der Waals surface area (Å²) in [4.78, 5) is 35.2. The lowest BCUT2D eigenvalue weighted by Crippen LogP contribution is -2.21. The average molecular weight is 318 g/mol. The Balaban J connectivity index is 2.90. The molecule has 0 spiro atoms. The highest BCUT2D eigenvalue weighted by Gasteiger charge is 2.21. The number of pyridine rings is 1. The van der Waals surface area contributed by atoms with Crippen LogP contribution in [0.2, 0.25) is 0 Å². The summed E-state index contributed by atoms with van der Waals surface area (Å²) in [5, 5.41) is 11.3. The Morgan fingerprint density at radius 2 is 2.04 bits per heavy atom. The topological polar surface area (TPSA) is 91.4 Å². The minimum absolute atomic E-state index is 0.0351. The smallest absolute Gasteiger partial charge is 0.343 e. The van der Waals surface area contributed by atoms with Crippen LogP contribution in [-0.4, -0.2) is 22.1 Å². The first-order valence-corrected chi connectivity index (χ1v) is 7.28. The average Bonchev–Trinajstić information content (AvgIpc) is 2.46. The number of hydrogen-bond acceptors (Lipinski definition) is 5. The van der Waals surface area contributed by atoms with Crippen molar-refractivity contribution < 1.29 is 14.5 Å². The second-order valence-corrected chi connectivity index (χ2v) is 5.51. The molecule has 0 aliphatic rings. The number of aromatic nitrogens is 1. The molecule has 7 nitrogen and oxygen atoms in total. The third kappa shape index (κ3) is 2.94. The molecule has 1 aromatic heterocycles. The van der Waals surface area contributed by atoms with Gasteiger partial charge in [-0.15, -0.1) is 0 Å². The summed E-state index contributed by atoms with van der Waals surface area (Å²) in [5.41, 5.74) is 0.192. The fourth-order valence-electron chi connectivity index (χ4n) is 2.47. The van der Waals surface area contributed by atoms with Gasteiger partial charge in [-0.3, -0.25) is 14.9 Å². The monoisotopic (exact) mass is 318 g/mol. The first-order chi connectivity index (χ1) is 10.8. The van der Waals surface area contributed by atoms with Crippen LogP contribution in [0.1, 0.15) is 42.7 Å².